The lowest BCUT2D eigenvalue weighted by atomic mass is 9.81. The maximum absolute atomic E-state index is 13.4. The van der Waals surface area contributed by atoms with Crippen molar-refractivity contribution in [1.29, 1.82) is 0 Å². The predicted molar refractivity (Wildman–Crippen MR) is 121 cm³/mol. The molecule has 1 aliphatic carbocycles. The summed E-state index contributed by atoms with van der Waals surface area (Å²) in [5.74, 6) is 1.77. The smallest absolute Gasteiger partial charge is 0.261 e. The first-order valence-electron chi connectivity index (χ1n) is 10.6. The highest BCUT2D eigenvalue weighted by Gasteiger charge is 2.23. The minimum Gasteiger partial charge on any atom is -0.330 e. The van der Waals surface area contributed by atoms with E-state index in [1.54, 1.807) is 0 Å². The summed E-state index contributed by atoms with van der Waals surface area (Å²) in [4.78, 5) is 18.3. The third-order valence-electron chi connectivity index (χ3n) is 6.03. The molecule has 1 aliphatic rings. The maximum Gasteiger partial charge on any atom is 0.261 e. The van der Waals surface area contributed by atoms with Gasteiger partial charge in [0.15, 0.2) is 0 Å². The van der Waals surface area contributed by atoms with Gasteiger partial charge in [-0.25, -0.2) is 4.98 Å². The summed E-state index contributed by atoms with van der Waals surface area (Å²) in [6.45, 7) is 3.46. The van der Waals surface area contributed by atoms with Crippen LogP contribution >= 0.6 is 0 Å². The SMILES string of the molecule is Cc1ccc2nc(C=Cc3ccccc3)n(CC3CCCC(CN)C3)c(=O)c2c1. The number of benzene rings is 2. The van der Waals surface area contributed by atoms with Gasteiger partial charge in [-0.1, -0.05) is 54.5 Å². The van der Waals surface area contributed by atoms with Crippen molar-refractivity contribution in [2.75, 3.05) is 6.54 Å². The third kappa shape index (κ3) is 4.48. The number of nitrogens with zero attached hydrogens (tertiary/aromatic N) is 2. The van der Waals surface area contributed by atoms with Crippen LogP contribution in [0.4, 0.5) is 0 Å². The Morgan fingerprint density at radius 1 is 1.10 bits per heavy atom. The first kappa shape index (κ1) is 19.6. The largest absolute Gasteiger partial charge is 0.330 e. The average molecular weight is 388 g/mol. The molecule has 1 heterocycles. The van der Waals surface area contributed by atoms with Crippen LogP contribution in [0.15, 0.2) is 53.3 Å². The Labute approximate surface area is 172 Å². The summed E-state index contributed by atoms with van der Waals surface area (Å²) in [5.41, 5.74) is 8.92. The van der Waals surface area contributed by atoms with Crippen molar-refractivity contribution in [3.63, 3.8) is 0 Å². The molecule has 0 saturated heterocycles. The van der Waals surface area contributed by atoms with E-state index < -0.39 is 0 Å². The molecule has 0 aliphatic heterocycles. The van der Waals surface area contributed by atoms with Crippen molar-refractivity contribution in [1.82, 2.24) is 9.55 Å². The van der Waals surface area contributed by atoms with Gasteiger partial charge < -0.3 is 5.73 Å². The molecule has 1 fully saturated rings. The maximum atomic E-state index is 13.4. The molecule has 150 valence electrons. The molecule has 1 aromatic heterocycles. The molecule has 0 radical (unpaired) electrons. The lowest BCUT2D eigenvalue weighted by Gasteiger charge is -2.29. The fourth-order valence-electron chi connectivity index (χ4n) is 4.43. The van der Waals surface area contributed by atoms with E-state index in [0.29, 0.717) is 23.8 Å². The monoisotopic (exact) mass is 387 g/mol. The van der Waals surface area contributed by atoms with E-state index in [1.165, 1.54) is 12.8 Å². The Kier molecular flexibility index (Phi) is 5.91. The Hall–Kier alpha value is -2.72. The molecule has 2 N–H and O–H groups in total. The van der Waals surface area contributed by atoms with Gasteiger partial charge in [0, 0.05) is 6.54 Å². The number of nitrogens with two attached hydrogens (primary N) is 1. The Balaban J connectivity index is 1.75. The van der Waals surface area contributed by atoms with E-state index in [-0.39, 0.29) is 5.56 Å². The zero-order valence-corrected chi connectivity index (χ0v) is 17.1. The number of hydrogen-bond acceptors (Lipinski definition) is 3. The second-order valence-corrected chi connectivity index (χ2v) is 8.28. The van der Waals surface area contributed by atoms with Crippen molar-refractivity contribution in [3.8, 4) is 0 Å². The minimum absolute atomic E-state index is 0.0567. The quantitative estimate of drug-likeness (QED) is 0.694. The normalized spacial score (nSPS) is 19.8. The van der Waals surface area contributed by atoms with E-state index in [9.17, 15) is 4.79 Å². The van der Waals surface area contributed by atoms with Gasteiger partial charge >= 0.3 is 0 Å². The molecule has 4 nitrogen and oxygen atoms in total. The van der Waals surface area contributed by atoms with Crippen molar-refractivity contribution >= 4 is 23.1 Å². The van der Waals surface area contributed by atoms with E-state index in [2.05, 4.69) is 12.1 Å². The zero-order chi connectivity index (χ0) is 20.2. The number of aromatic nitrogens is 2. The van der Waals surface area contributed by atoms with Gasteiger partial charge in [-0.2, -0.15) is 0 Å². The van der Waals surface area contributed by atoms with Crippen LogP contribution in [-0.2, 0) is 6.54 Å². The van der Waals surface area contributed by atoms with Gasteiger partial charge in [0.1, 0.15) is 5.82 Å². The van der Waals surface area contributed by atoms with Crippen LogP contribution in [0.3, 0.4) is 0 Å². The first-order chi connectivity index (χ1) is 14.1. The lowest BCUT2D eigenvalue weighted by molar-refractivity contribution is 0.245. The van der Waals surface area contributed by atoms with Gasteiger partial charge in [0.25, 0.3) is 5.56 Å². The van der Waals surface area contributed by atoms with E-state index in [0.717, 1.165) is 41.9 Å². The molecule has 1 saturated carbocycles. The molecule has 3 aromatic rings. The molecule has 0 spiro atoms. The molecule has 2 atom stereocenters. The Morgan fingerprint density at radius 2 is 1.90 bits per heavy atom. The molecule has 4 heteroatoms. The topological polar surface area (TPSA) is 60.9 Å². The van der Waals surface area contributed by atoms with Crippen LogP contribution in [0.2, 0.25) is 0 Å². The van der Waals surface area contributed by atoms with E-state index >= 15 is 0 Å². The van der Waals surface area contributed by atoms with Gasteiger partial charge in [0.2, 0.25) is 0 Å². The molecule has 2 unspecified atom stereocenters. The number of aryl methyl sites for hydroxylation is 1. The zero-order valence-electron chi connectivity index (χ0n) is 17.1. The second kappa shape index (κ2) is 8.75. The summed E-state index contributed by atoms with van der Waals surface area (Å²) < 4.78 is 1.88. The molecule has 0 amide bonds. The van der Waals surface area contributed by atoms with Crippen molar-refractivity contribution in [2.45, 2.75) is 39.2 Å². The van der Waals surface area contributed by atoms with Crippen LogP contribution in [0.5, 0.6) is 0 Å². The highest BCUT2D eigenvalue weighted by atomic mass is 16.1. The Bertz CT molecular complexity index is 1070. The van der Waals surface area contributed by atoms with Crippen LogP contribution in [0.1, 0.15) is 42.6 Å². The van der Waals surface area contributed by atoms with Gasteiger partial charge in [-0.15, -0.1) is 0 Å². The van der Waals surface area contributed by atoms with E-state index in [4.69, 9.17) is 10.7 Å². The third-order valence-corrected chi connectivity index (χ3v) is 6.03. The van der Waals surface area contributed by atoms with Gasteiger partial charge in [0.05, 0.1) is 10.9 Å². The van der Waals surface area contributed by atoms with Crippen LogP contribution in [0, 0.1) is 18.8 Å². The number of fused-ring (bicyclic) bond motifs is 1. The second-order valence-electron chi connectivity index (χ2n) is 8.28. The van der Waals surface area contributed by atoms with Crippen LogP contribution < -0.4 is 11.3 Å². The van der Waals surface area contributed by atoms with Gasteiger partial charge in [-0.05, 0) is 68.3 Å². The average Bonchev–Trinajstić information content (AvgIpc) is 2.76. The van der Waals surface area contributed by atoms with Crippen molar-refractivity contribution in [2.24, 2.45) is 17.6 Å². The first-order valence-corrected chi connectivity index (χ1v) is 10.6. The summed E-state index contributed by atoms with van der Waals surface area (Å²) in [6.07, 6.45) is 8.64. The molecule has 4 rings (SSSR count). The highest BCUT2D eigenvalue weighted by Crippen LogP contribution is 2.29. The fraction of sp³-hybridized carbons (Fsp3) is 0.360. The van der Waals surface area contributed by atoms with E-state index in [1.807, 2.05) is 60.0 Å². The molecular formula is C25H29N3O. The predicted octanol–water partition coefficient (Wildman–Crippen LogP) is 4.64. The number of hydrogen-bond donors (Lipinski definition) is 1. The van der Waals surface area contributed by atoms with Gasteiger partial charge in [-0.3, -0.25) is 9.36 Å². The Morgan fingerprint density at radius 3 is 2.69 bits per heavy atom. The highest BCUT2D eigenvalue weighted by molar-refractivity contribution is 5.80. The van der Waals surface area contributed by atoms with Crippen LogP contribution in [-0.4, -0.2) is 16.1 Å². The standard InChI is InChI=1S/C25H29N3O/c1-18-10-12-23-22(14-18)25(29)28(17-21-9-5-8-20(15-21)16-26)24(27-23)13-11-19-6-3-2-4-7-19/h2-4,6-7,10-14,20-21H,5,8-9,15-17,26H2,1H3. The fourth-order valence-corrected chi connectivity index (χ4v) is 4.43. The molecule has 29 heavy (non-hydrogen) atoms. The van der Waals surface area contributed by atoms with Crippen LogP contribution in [0.25, 0.3) is 23.1 Å². The summed E-state index contributed by atoms with van der Waals surface area (Å²) in [7, 11) is 0. The minimum atomic E-state index is 0.0567. The lowest BCUT2D eigenvalue weighted by Crippen LogP contribution is -2.31. The molecule has 2 aromatic carbocycles. The summed E-state index contributed by atoms with van der Waals surface area (Å²) in [6, 6.07) is 16.0. The molecule has 0 bridgehead atoms. The van der Waals surface area contributed by atoms with Crippen molar-refractivity contribution in [3.05, 3.63) is 75.8 Å². The summed E-state index contributed by atoms with van der Waals surface area (Å²) in [5, 5.41) is 0.702. The summed E-state index contributed by atoms with van der Waals surface area (Å²) >= 11 is 0. The van der Waals surface area contributed by atoms with Crippen molar-refractivity contribution < 1.29 is 0 Å². The molecular weight excluding hydrogens is 358 g/mol. The number of rotatable bonds is 5.